The molecule has 0 radical (unpaired) electrons. The third-order valence-corrected chi connectivity index (χ3v) is 4.29. The molecule has 6 heteroatoms. The molecule has 0 aliphatic carbocycles. The maximum absolute atomic E-state index is 12.1. The van der Waals surface area contributed by atoms with Gasteiger partial charge in [0.05, 0.1) is 11.1 Å². The first kappa shape index (κ1) is 14.7. The van der Waals surface area contributed by atoms with Gasteiger partial charge in [-0.05, 0) is 30.2 Å². The molecule has 0 aliphatic rings. The van der Waals surface area contributed by atoms with Crippen LogP contribution in [0.2, 0.25) is 0 Å². The Balaban J connectivity index is 1.75. The number of hydrogen-bond acceptors (Lipinski definition) is 5. The predicted molar refractivity (Wildman–Crippen MR) is 87.4 cm³/mol. The molecule has 2 aromatic heterocycles. The molecule has 5 nitrogen and oxygen atoms in total. The molecule has 0 amide bonds. The molecule has 1 aromatic carbocycles. The first-order valence-electron chi connectivity index (χ1n) is 7.35. The summed E-state index contributed by atoms with van der Waals surface area (Å²) in [4.78, 5) is 16.7. The van der Waals surface area contributed by atoms with E-state index < -0.39 is 0 Å². The minimum absolute atomic E-state index is 0.127. The summed E-state index contributed by atoms with van der Waals surface area (Å²) in [6.07, 6.45) is 6.69. The summed E-state index contributed by atoms with van der Waals surface area (Å²) in [6, 6.07) is 7.76. The maximum Gasteiger partial charge on any atom is 0.291 e. The maximum atomic E-state index is 12.1. The average Bonchev–Trinajstić information content (AvgIpc) is 3.10. The van der Waals surface area contributed by atoms with Crippen LogP contribution >= 0.6 is 11.3 Å². The van der Waals surface area contributed by atoms with Gasteiger partial charge in [-0.1, -0.05) is 43.2 Å². The van der Waals surface area contributed by atoms with Gasteiger partial charge in [-0.3, -0.25) is 4.79 Å². The molecule has 3 rings (SSSR count). The summed E-state index contributed by atoms with van der Waals surface area (Å²) < 4.78 is 7.63. The monoisotopic (exact) mass is 315 g/mol. The fourth-order valence-electron chi connectivity index (χ4n) is 2.13. The third kappa shape index (κ3) is 3.17. The summed E-state index contributed by atoms with van der Waals surface area (Å²) >= 11 is 1.34. The van der Waals surface area contributed by atoms with Crippen LogP contribution in [0.5, 0.6) is 5.75 Å². The molecule has 0 fully saturated rings. The zero-order valence-electron chi connectivity index (χ0n) is 12.4. The Labute approximate surface area is 131 Å². The summed E-state index contributed by atoms with van der Waals surface area (Å²) in [6.45, 7) is 2.92. The highest BCUT2D eigenvalue weighted by Gasteiger charge is 2.04. The smallest absolute Gasteiger partial charge is 0.291 e. The second-order valence-electron chi connectivity index (χ2n) is 4.99. The van der Waals surface area contributed by atoms with E-state index in [9.17, 15) is 4.79 Å². The van der Waals surface area contributed by atoms with Crippen molar-refractivity contribution in [3.05, 3.63) is 51.0 Å². The quantitative estimate of drug-likeness (QED) is 0.655. The van der Waals surface area contributed by atoms with Gasteiger partial charge in [0.15, 0.2) is 0 Å². The van der Waals surface area contributed by atoms with Crippen LogP contribution in [0.15, 0.2) is 35.4 Å². The van der Waals surface area contributed by atoms with Gasteiger partial charge in [-0.25, -0.2) is 4.98 Å². The van der Waals surface area contributed by atoms with E-state index in [4.69, 9.17) is 4.74 Å². The number of hydrogen-bond donors (Lipinski definition) is 0. The van der Waals surface area contributed by atoms with Crippen LogP contribution in [0.1, 0.15) is 31.7 Å². The van der Waals surface area contributed by atoms with Crippen molar-refractivity contribution in [1.82, 2.24) is 14.6 Å². The van der Waals surface area contributed by atoms with Crippen LogP contribution in [0.3, 0.4) is 0 Å². The molecule has 0 bridgehead atoms. The van der Waals surface area contributed by atoms with Crippen molar-refractivity contribution in [3.63, 3.8) is 0 Å². The van der Waals surface area contributed by atoms with Gasteiger partial charge >= 0.3 is 0 Å². The van der Waals surface area contributed by atoms with Gasteiger partial charge in [-0.2, -0.15) is 9.61 Å². The summed E-state index contributed by atoms with van der Waals surface area (Å²) in [5, 5.41) is 3.91. The molecule has 0 N–H and O–H groups in total. The zero-order valence-corrected chi connectivity index (χ0v) is 13.2. The molecule has 0 saturated heterocycles. The average molecular weight is 315 g/mol. The van der Waals surface area contributed by atoms with Crippen LogP contribution in [-0.4, -0.2) is 21.2 Å². The molecule has 2 heterocycles. The molecular weight excluding hydrogens is 298 g/mol. The SMILES string of the molecule is CCCCCOc1ccc(/C=c2/sc3ncnn3c2=O)cc1. The van der Waals surface area contributed by atoms with E-state index in [2.05, 4.69) is 17.0 Å². The van der Waals surface area contributed by atoms with E-state index in [1.165, 1.54) is 35.0 Å². The molecule has 3 aromatic rings. The van der Waals surface area contributed by atoms with Crippen molar-refractivity contribution in [1.29, 1.82) is 0 Å². The van der Waals surface area contributed by atoms with E-state index in [0.717, 1.165) is 24.3 Å². The summed E-state index contributed by atoms with van der Waals surface area (Å²) in [5.74, 6) is 0.859. The van der Waals surface area contributed by atoms with Crippen molar-refractivity contribution in [2.24, 2.45) is 0 Å². The Kier molecular flexibility index (Phi) is 4.48. The lowest BCUT2D eigenvalue weighted by atomic mass is 10.2. The number of unbranched alkanes of at least 4 members (excludes halogenated alkanes) is 2. The molecular formula is C16H17N3O2S. The van der Waals surface area contributed by atoms with Gasteiger partial charge in [0.25, 0.3) is 5.56 Å². The Morgan fingerprint density at radius 3 is 2.82 bits per heavy atom. The third-order valence-electron chi connectivity index (χ3n) is 3.32. The predicted octanol–water partition coefficient (Wildman–Crippen LogP) is 2.27. The molecule has 22 heavy (non-hydrogen) atoms. The molecule has 0 unspecified atom stereocenters. The van der Waals surface area contributed by atoms with Crippen molar-refractivity contribution in [3.8, 4) is 5.75 Å². The lowest BCUT2D eigenvalue weighted by molar-refractivity contribution is 0.306. The highest BCUT2D eigenvalue weighted by atomic mass is 32.1. The highest BCUT2D eigenvalue weighted by Crippen LogP contribution is 2.13. The van der Waals surface area contributed by atoms with E-state index in [-0.39, 0.29) is 5.56 Å². The van der Waals surface area contributed by atoms with Crippen LogP contribution in [-0.2, 0) is 0 Å². The van der Waals surface area contributed by atoms with Gasteiger partial charge < -0.3 is 4.74 Å². The van der Waals surface area contributed by atoms with E-state index in [1.54, 1.807) is 0 Å². The van der Waals surface area contributed by atoms with Gasteiger partial charge in [-0.15, -0.1) is 0 Å². The fraction of sp³-hybridized carbons (Fsp3) is 0.312. The first-order valence-corrected chi connectivity index (χ1v) is 8.16. The standard InChI is InChI=1S/C16H17N3O2S/c1-2-3-4-9-21-13-7-5-12(6-8-13)10-14-15(20)19-16(22-14)17-11-18-19/h5-8,10-11H,2-4,9H2,1H3/b14-10+. The Bertz CT molecular complexity index is 852. The lowest BCUT2D eigenvalue weighted by Gasteiger charge is -2.05. The number of nitrogens with zero attached hydrogens (tertiary/aromatic N) is 3. The van der Waals surface area contributed by atoms with Crippen molar-refractivity contribution < 1.29 is 4.74 Å². The number of benzene rings is 1. The molecule has 0 aliphatic heterocycles. The van der Waals surface area contributed by atoms with Gasteiger partial charge in [0.2, 0.25) is 4.96 Å². The summed E-state index contributed by atoms with van der Waals surface area (Å²) in [5.41, 5.74) is 0.833. The second-order valence-corrected chi connectivity index (χ2v) is 6.00. The Morgan fingerprint density at radius 2 is 2.09 bits per heavy atom. The summed E-state index contributed by atoms with van der Waals surface area (Å²) in [7, 11) is 0. The number of thiazole rings is 1. The topological polar surface area (TPSA) is 56.5 Å². The fourth-order valence-corrected chi connectivity index (χ4v) is 3.01. The van der Waals surface area contributed by atoms with E-state index in [0.29, 0.717) is 9.49 Å². The molecule has 0 atom stereocenters. The second kappa shape index (κ2) is 6.70. The van der Waals surface area contributed by atoms with Crippen LogP contribution in [0.4, 0.5) is 0 Å². The first-order chi connectivity index (χ1) is 10.8. The van der Waals surface area contributed by atoms with Gasteiger partial charge in [0.1, 0.15) is 12.1 Å². The normalized spacial score (nSPS) is 12.1. The van der Waals surface area contributed by atoms with Crippen molar-refractivity contribution >= 4 is 22.4 Å². The zero-order chi connectivity index (χ0) is 15.4. The highest BCUT2D eigenvalue weighted by molar-refractivity contribution is 7.15. The molecule has 114 valence electrons. The minimum Gasteiger partial charge on any atom is -0.494 e. The lowest BCUT2D eigenvalue weighted by Crippen LogP contribution is -2.23. The molecule has 0 spiro atoms. The van der Waals surface area contributed by atoms with Crippen LogP contribution in [0.25, 0.3) is 11.0 Å². The Morgan fingerprint density at radius 1 is 1.27 bits per heavy atom. The number of fused-ring (bicyclic) bond motifs is 1. The molecule has 0 saturated carbocycles. The van der Waals surface area contributed by atoms with E-state index in [1.807, 2.05) is 30.3 Å². The number of rotatable bonds is 6. The minimum atomic E-state index is -0.127. The largest absolute Gasteiger partial charge is 0.494 e. The Hall–Kier alpha value is -2.21. The van der Waals surface area contributed by atoms with Crippen molar-refractivity contribution in [2.75, 3.05) is 6.61 Å². The van der Waals surface area contributed by atoms with E-state index >= 15 is 0 Å². The number of ether oxygens (including phenoxy) is 1. The van der Waals surface area contributed by atoms with Crippen molar-refractivity contribution in [2.45, 2.75) is 26.2 Å². The van der Waals surface area contributed by atoms with Crippen LogP contribution < -0.4 is 14.8 Å². The van der Waals surface area contributed by atoms with Gasteiger partial charge in [0, 0.05) is 0 Å². The number of aromatic nitrogens is 3. The van der Waals surface area contributed by atoms with Crippen LogP contribution in [0, 0.1) is 0 Å².